The van der Waals surface area contributed by atoms with E-state index in [2.05, 4.69) is 0 Å². The van der Waals surface area contributed by atoms with Gasteiger partial charge in [0, 0.05) is 31.7 Å². The zero-order valence-corrected chi connectivity index (χ0v) is 15.2. The molecule has 0 spiro atoms. The van der Waals surface area contributed by atoms with Crippen LogP contribution in [0.1, 0.15) is 23.0 Å². The molecule has 1 aliphatic heterocycles. The first-order valence-electron chi connectivity index (χ1n) is 8.78. The number of ether oxygens (including phenoxy) is 1. The van der Waals surface area contributed by atoms with Crippen molar-refractivity contribution in [3.05, 3.63) is 47.7 Å². The molecule has 0 radical (unpaired) electrons. The molecule has 1 aliphatic rings. The third-order valence-corrected chi connectivity index (χ3v) is 4.38. The smallest absolute Gasteiger partial charge is 0.416 e. The lowest BCUT2D eigenvalue weighted by atomic mass is 10.1. The van der Waals surface area contributed by atoms with Crippen LogP contribution in [0.3, 0.4) is 0 Å². The molecule has 2 aromatic rings. The van der Waals surface area contributed by atoms with Crippen LogP contribution in [0.4, 0.5) is 18.0 Å². The fraction of sp³-hybridized carbons (Fsp3) is 0.368. The Morgan fingerprint density at radius 3 is 2.39 bits per heavy atom. The van der Waals surface area contributed by atoms with Gasteiger partial charge in [0.05, 0.1) is 12.2 Å². The van der Waals surface area contributed by atoms with E-state index >= 15 is 0 Å². The minimum atomic E-state index is -4.46. The van der Waals surface area contributed by atoms with Gasteiger partial charge in [-0.1, -0.05) is 12.1 Å². The van der Waals surface area contributed by atoms with E-state index in [-0.39, 0.29) is 29.6 Å². The molecular formula is C19H19F3N2O4. The molecule has 28 heavy (non-hydrogen) atoms. The maximum atomic E-state index is 12.9. The molecule has 0 bridgehead atoms. The third-order valence-electron chi connectivity index (χ3n) is 4.38. The molecule has 0 unspecified atom stereocenters. The number of carbonyl (C=O) groups excluding carboxylic acids is 2. The number of halogens is 3. The molecule has 150 valence electrons. The Balaban J connectivity index is 1.68. The summed E-state index contributed by atoms with van der Waals surface area (Å²) in [5.41, 5.74) is -0.551. The Labute approximate surface area is 159 Å². The number of carbonyl (C=O) groups is 2. The standard InChI is InChI=1S/C19H19F3N2O4/c1-2-27-18(26)24-10-8-23(9-11-24)17(25)16-7-6-15(28-16)13-4-3-5-14(12-13)19(20,21)22/h3-7,12H,2,8-11H2,1H3. The van der Waals surface area contributed by atoms with Crippen molar-refractivity contribution in [3.63, 3.8) is 0 Å². The first-order valence-corrected chi connectivity index (χ1v) is 8.78. The van der Waals surface area contributed by atoms with Crippen molar-refractivity contribution in [2.75, 3.05) is 32.8 Å². The zero-order chi connectivity index (χ0) is 20.3. The van der Waals surface area contributed by atoms with Crippen molar-refractivity contribution >= 4 is 12.0 Å². The Kier molecular flexibility index (Phi) is 5.62. The highest BCUT2D eigenvalue weighted by atomic mass is 19.4. The van der Waals surface area contributed by atoms with Crippen LogP contribution in [0, 0.1) is 0 Å². The Morgan fingerprint density at radius 2 is 1.75 bits per heavy atom. The lowest BCUT2D eigenvalue weighted by Crippen LogP contribution is -2.50. The molecule has 3 rings (SSSR count). The molecule has 1 aromatic carbocycles. The first kappa shape index (κ1) is 19.8. The number of benzene rings is 1. The van der Waals surface area contributed by atoms with Gasteiger partial charge >= 0.3 is 12.3 Å². The number of piperazine rings is 1. The van der Waals surface area contributed by atoms with Gasteiger partial charge in [-0.25, -0.2) is 4.79 Å². The Hall–Kier alpha value is -2.97. The quantitative estimate of drug-likeness (QED) is 0.790. The van der Waals surface area contributed by atoms with Gasteiger partial charge in [0.1, 0.15) is 5.76 Å². The first-order chi connectivity index (χ1) is 13.3. The van der Waals surface area contributed by atoms with Crippen LogP contribution in [0.2, 0.25) is 0 Å². The lowest BCUT2D eigenvalue weighted by Gasteiger charge is -2.33. The number of hydrogen-bond acceptors (Lipinski definition) is 4. The fourth-order valence-electron chi connectivity index (χ4n) is 2.92. The van der Waals surface area contributed by atoms with Crippen LogP contribution in [-0.2, 0) is 10.9 Å². The van der Waals surface area contributed by atoms with Gasteiger partial charge in [-0.3, -0.25) is 4.79 Å². The van der Waals surface area contributed by atoms with Gasteiger partial charge in [0.25, 0.3) is 5.91 Å². The van der Waals surface area contributed by atoms with Crippen LogP contribution in [-0.4, -0.2) is 54.6 Å². The van der Waals surface area contributed by atoms with Crippen LogP contribution in [0.15, 0.2) is 40.8 Å². The summed E-state index contributed by atoms with van der Waals surface area (Å²) < 4.78 is 49.0. The second-order valence-electron chi connectivity index (χ2n) is 6.22. The molecule has 9 heteroatoms. The van der Waals surface area contributed by atoms with Crippen molar-refractivity contribution in [2.45, 2.75) is 13.1 Å². The molecule has 1 saturated heterocycles. The minimum absolute atomic E-state index is 0.0389. The van der Waals surface area contributed by atoms with Gasteiger partial charge in [0.15, 0.2) is 5.76 Å². The second kappa shape index (κ2) is 7.95. The van der Waals surface area contributed by atoms with Crippen LogP contribution in [0.5, 0.6) is 0 Å². The summed E-state index contributed by atoms with van der Waals surface area (Å²) in [5, 5.41) is 0. The number of furan rings is 1. The van der Waals surface area contributed by atoms with E-state index in [9.17, 15) is 22.8 Å². The molecular weight excluding hydrogens is 377 g/mol. The van der Waals surface area contributed by atoms with E-state index in [1.807, 2.05) is 0 Å². The molecule has 2 amide bonds. The monoisotopic (exact) mass is 396 g/mol. The average Bonchev–Trinajstić information content (AvgIpc) is 3.17. The normalized spacial score (nSPS) is 14.9. The third kappa shape index (κ3) is 4.29. The van der Waals surface area contributed by atoms with Crippen molar-refractivity contribution in [2.24, 2.45) is 0 Å². The molecule has 0 atom stereocenters. The van der Waals surface area contributed by atoms with E-state index < -0.39 is 17.8 Å². The van der Waals surface area contributed by atoms with Gasteiger partial charge in [0.2, 0.25) is 0 Å². The average molecular weight is 396 g/mol. The SMILES string of the molecule is CCOC(=O)N1CCN(C(=O)c2ccc(-c3cccc(C(F)(F)F)c3)o2)CC1. The van der Waals surface area contributed by atoms with Crippen molar-refractivity contribution < 1.29 is 31.9 Å². The van der Waals surface area contributed by atoms with Gasteiger partial charge in [-0.2, -0.15) is 13.2 Å². The predicted molar refractivity (Wildman–Crippen MR) is 93.6 cm³/mol. The number of alkyl halides is 3. The zero-order valence-electron chi connectivity index (χ0n) is 15.2. The summed E-state index contributed by atoms with van der Waals surface area (Å²) in [5.74, 6) is -0.154. The molecule has 0 N–H and O–H groups in total. The van der Waals surface area contributed by atoms with Gasteiger partial charge in [-0.05, 0) is 31.2 Å². The molecule has 0 aliphatic carbocycles. The largest absolute Gasteiger partial charge is 0.451 e. The van der Waals surface area contributed by atoms with Crippen molar-refractivity contribution in [1.29, 1.82) is 0 Å². The Bertz CT molecular complexity index is 855. The number of amides is 2. The summed E-state index contributed by atoms with van der Waals surface area (Å²) in [6, 6.07) is 7.64. The fourth-order valence-corrected chi connectivity index (χ4v) is 2.92. The number of rotatable bonds is 3. The maximum absolute atomic E-state index is 12.9. The topological polar surface area (TPSA) is 63.0 Å². The predicted octanol–water partition coefficient (Wildman–Crippen LogP) is 3.88. The highest BCUT2D eigenvalue weighted by Crippen LogP contribution is 2.32. The maximum Gasteiger partial charge on any atom is 0.416 e. The van der Waals surface area contributed by atoms with Crippen molar-refractivity contribution in [1.82, 2.24) is 9.80 Å². The van der Waals surface area contributed by atoms with Crippen LogP contribution >= 0.6 is 0 Å². The summed E-state index contributed by atoms with van der Waals surface area (Å²) in [6.07, 6.45) is -4.88. The lowest BCUT2D eigenvalue weighted by molar-refractivity contribution is -0.137. The highest BCUT2D eigenvalue weighted by Gasteiger charge is 2.31. The van der Waals surface area contributed by atoms with E-state index in [4.69, 9.17) is 9.15 Å². The van der Waals surface area contributed by atoms with Crippen LogP contribution < -0.4 is 0 Å². The summed E-state index contributed by atoms with van der Waals surface area (Å²) in [6.45, 7) is 3.31. The summed E-state index contributed by atoms with van der Waals surface area (Å²) >= 11 is 0. The molecule has 0 saturated carbocycles. The highest BCUT2D eigenvalue weighted by molar-refractivity contribution is 5.92. The minimum Gasteiger partial charge on any atom is -0.451 e. The molecule has 2 heterocycles. The Morgan fingerprint density at radius 1 is 1.07 bits per heavy atom. The van der Waals surface area contributed by atoms with E-state index in [0.717, 1.165) is 12.1 Å². The molecule has 6 nitrogen and oxygen atoms in total. The van der Waals surface area contributed by atoms with Crippen molar-refractivity contribution in [3.8, 4) is 11.3 Å². The number of nitrogens with zero attached hydrogens (tertiary/aromatic N) is 2. The summed E-state index contributed by atoms with van der Waals surface area (Å²) in [7, 11) is 0. The summed E-state index contributed by atoms with van der Waals surface area (Å²) in [4.78, 5) is 27.3. The van der Waals surface area contributed by atoms with E-state index in [1.165, 1.54) is 34.1 Å². The number of hydrogen-bond donors (Lipinski definition) is 0. The van der Waals surface area contributed by atoms with E-state index in [1.54, 1.807) is 6.92 Å². The van der Waals surface area contributed by atoms with Gasteiger partial charge in [-0.15, -0.1) is 0 Å². The van der Waals surface area contributed by atoms with E-state index in [0.29, 0.717) is 26.2 Å². The van der Waals surface area contributed by atoms with Crippen LogP contribution in [0.25, 0.3) is 11.3 Å². The molecule has 1 aromatic heterocycles. The van der Waals surface area contributed by atoms with Gasteiger partial charge < -0.3 is 19.0 Å². The molecule has 1 fully saturated rings. The second-order valence-corrected chi connectivity index (χ2v) is 6.22.